The van der Waals surface area contributed by atoms with Crippen LogP contribution in [0.25, 0.3) is 0 Å². The summed E-state index contributed by atoms with van der Waals surface area (Å²) in [6.45, 7) is 7.12. The lowest BCUT2D eigenvalue weighted by Crippen LogP contribution is -2.49. The number of urea groups is 1. The molecule has 1 atom stereocenters. The molecule has 148 valence electrons. The Hall–Kier alpha value is -2.81. The number of likely N-dealkylation sites (N-methyl/N-ethyl adjacent to an activating group) is 2. The number of nitrogens with zero attached hydrogens (tertiary/aromatic N) is 1. The van der Waals surface area contributed by atoms with Crippen molar-refractivity contribution in [2.45, 2.75) is 26.8 Å². The molecule has 0 saturated heterocycles. The van der Waals surface area contributed by atoms with Gasteiger partial charge in [0.05, 0.1) is 25.0 Å². The zero-order chi connectivity index (χ0) is 19.8. The molecule has 1 aliphatic rings. The molecule has 2 heterocycles. The molecule has 0 aromatic carbocycles. The third-order valence-electron chi connectivity index (χ3n) is 4.05. The highest BCUT2D eigenvalue weighted by Gasteiger charge is 2.35. The van der Waals surface area contributed by atoms with Crippen molar-refractivity contribution in [3.63, 3.8) is 0 Å². The molecule has 1 aromatic heterocycles. The minimum atomic E-state index is -0.758. The number of furan rings is 1. The first-order chi connectivity index (χ1) is 13.0. The van der Waals surface area contributed by atoms with E-state index in [1.165, 1.54) is 6.26 Å². The van der Waals surface area contributed by atoms with Crippen LogP contribution in [0.15, 0.2) is 34.1 Å². The summed E-state index contributed by atoms with van der Waals surface area (Å²) in [6, 6.07) is 2.15. The Morgan fingerprint density at radius 2 is 2.11 bits per heavy atom. The van der Waals surface area contributed by atoms with Crippen molar-refractivity contribution in [1.29, 1.82) is 0 Å². The van der Waals surface area contributed by atoms with Crippen molar-refractivity contribution in [3.8, 4) is 0 Å². The second-order valence-corrected chi connectivity index (χ2v) is 5.92. The predicted octanol–water partition coefficient (Wildman–Crippen LogP) is 0.909. The topological polar surface area (TPSA) is 113 Å². The first-order valence-corrected chi connectivity index (χ1v) is 9.00. The van der Waals surface area contributed by atoms with Crippen LogP contribution in [0.3, 0.4) is 0 Å². The van der Waals surface area contributed by atoms with Crippen LogP contribution in [0.1, 0.15) is 32.6 Å². The lowest BCUT2D eigenvalue weighted by atomic mass is 10.00. The van der Waals surface area contributed by atoms with Crippen molar-refractivity contribution in [2.75, 3.05) is 32.8 Å². The molecular formula is C18H26N4O5. The maximum Gasteiger partial charge on any atom is 0.338 e. The summed E-state index contributed by atoms with van der Waals surface area (Å²) in [5.41, 5.74) is 0.658. The molecule has 0 bridgehead atoms. The summed E-state index contributed by atoms with van der Waals surface area (Å²) in [7, 11) is 0. The highest BCUT2D eigenvalue weighted by atomic mass is 16.5. The number of ether oxygens (including phenoxy) is 1. The lowest BCUT2D eigenvalue weighted by Gasteiger charge is -2.30. The standard InChI is InChI=1S/C18H26N4O5/c1-4-19-14(23)11-22(5-2)10-12-15(17(24)26-6-3)16(21-18(25)20-12)13-8-7-9-27-13/h7-9,16H,4-6,10-11H2,1-3H3,(H,19,23)(H2,20,21,25)/t16-/m1/s1. The Balaban J connectivity index is 2.35. The Labute approximate surface area is 158 Å². The Morgan fingerprint density at radius 3 is 2.70 bits per heavy atom. The van der Waals surface area contributed by atoms with Crippen LogP contribution in [0.4, 0.5) is 4.79 Å². The van der Waals surface area contributed by atoms with E-state index in [2.05, 4.69) is 16.0 Å². The fourth-order valence-electron chi connectivity index (χ4n) is 2.82. The molecule has 3 N–H and O–H groups in total. The van der Waals surface area contributed by atoms with Crippen LogP contribution in [0, 0.1) is 0 Å². The summed E-state index contributed by atoms with van der Waals surface area (Å²) in [5.74, 6) is -0.242. The number of nitrogens with one attached hydrogen (secondary N) is 3. The van der Waals surface area contributed by atoms with E-state index in [4.69, 9.17) is 9.15 Å². The number of carbonyl (C=O) groups is 3. The Morgan fingerprint density at radius 1 is 1.33 bits per heavy atom. The van der Waals surface area contributed by atoms with Gasteiger partial charge < -0.3 is 25.1 Å². The van der Waals surface area contributed by atoms with Gasteiger partial charge >= 0.3 is 12.0 Å². The van der Waals surface area contributed by atoms with Gasteiger partial charge in [-0.25, -0.2) is 9.59 Å². The minimum Gasteiger partial charge on any atom is -0.467 e. The van der Waals surface area contributed by atoms with E-state index < -0.39 is 18.0 Å². The number of rotatable bonds is 9. The zero-order valence-electron chi connectivity index (χ0n) is 15.8. The average Bonchev–Trinajstić information content (AvgIpc) is 3.15. The highest BCUT2D eigenvalue weighted by molar-refractivity contribution is 5.95. The van der Waals surface area contributed by atoms with Crippen molar-refractivity contribution in [2.24, 2.45) is 0 Å². The van der Waals surface area contributed by atoms with Crippen LogP contribution in [-0.2, 0) is 14.3 Å². The normalized spacial score (nSPS) is 16.7. The van der Waals surface area contributed by atoms with Crippen molar-refractivity contribution in [1.82, 2.24) is 20.9 Å². The van der Waals surface area contributed by atoms with E-state index in [1.807, 2.05) is 18.7 Å². The van der Waals surface area contributed by atoms with Gasteiger partial charge in [0.1, 0.15) is 11.8 Å². The Kier molecular flexibility index (Phi) is 7.42. The smallest absolute Gasteiger partial charge is 0.338 e. The fraction of sp³-hybridized carbons (Fsp3) is 0.500. The van der Waals surface area contributed by atoms with Crippen LogP contribution < -0.4 is 16.0 Å². The second-order valence-electron chi connectivity index (χ2n) is 5.92. The molecule has 2 rings (SSSR count). The fourth-order valence-corrected chi connectivity index (χ4v) is 2.82. The van der Waals surface area contributed by atoms with Gasteiger partial charge in [-0.15, -0.1) is 0 Å². The van der Waals surface area contributed by atoms with Crippen LogP contribution in [0.5, 0.6) is 0 Å². The van der Waals surface area contributed by atoms with Crippen LogP contribution in [-0.4, -0.2) is 55.6 Å². The number of carbonyl (C=O) groups excluding carboxylic acids is 3. The molecule has 1 aliphatic heterocycles. The van der Waals surface area contributed by atoms with Gasteiger partial charge in [-0.2, -0.15) is 0 Å². The molecule has 0 radical (unpaired) electrons. The molecule has 27 heavy (non-hydrogen) atoms. The largest absolute Gasteiger partial charge is 0.467 e. The number of esters is 1. The second kappa shape index (κ2) is 9.77. The van der Waals surface area contributed by atoms with E-state index in [9.17, 15) is 14.4 Å². The first-order valence-electron chi connectivity index (χ1n) is 9.00. The molecule has 9 heteroatoms. The van der Waals surface area contributed by atoms with E-state index >= 15 is 0 Å². The third kappa shape index (κ3) is 5.33. The van der Waals surface area contributed by atoms with Crippen LogP contribution in [0.2, 0.25) is 0 Å². The molecule has 0 saturated carbocycles. The van der Waals surface area contributed by atoms with Gasteiger partial charge in [0.15, 0.2) is 0 Å². The monoisotopic (exact) mass is 378 g/mol. The highest BCUT2D eigenvalue weighted by Crippen LogP contribution is 2.28. The molecular weight excluding hydrogens is 352 g/mol. The Bertz CT molecular complexity index is 699. The van der Waals surface area contributed by atoms with Gasteiger partial charge in [-0.3, -0.25) is 9.69 Å². The van der Waals surface area contributed by atoms with Gasteiger partial charge in [-0.1, -0.05) is 6.92 Å². The van der Waals surface area contributed by atoms with Crippen molar-refractivity contribution in [3.05, 3.63) is 35.4 Å². The van der Waals surface area contributed by atoms with Crippen molar-refractivity contribution >= 4 is 17.9 Å². The maximum atomic E-state index is 12.6. The summed E-state index contributed by atoms with van der Waals surface area (Å²) < 4.78 is 10.6. The van der Waals surface area contributed by atoms with E-state index in [0.717, 1.165) is 0 Å². The quantitative estimate of drug-likeness (QED) is 0.551. The molecule has 0 fully saturated rings. The molecule has 0 unspecified atom stereocenters. The van der Waals surface area contributed by atoms with Gasteiger partial charge in [0, 0.05) is 18.8 Å². The SMILES string of the molecule is CCNC(=O)CN(CC)CC1=C(C(=O)OCC)[C@@H](c2ccco2)NC(=O)N1. The predicted molar refractivity (Wildman–Crippen MR) is 97.6 cm³/mol. The van der Waals surface area contributed by atoms with Crippen molar-refractivity contribution < 1.29 is 23.5 Å². The van der Waals surface area contributed by atoms with E-state index in [1.54, 1.807) is 19.1 Å². The molecule has 9 nitrogen and oxygen atoms in total. The van der Waals surface area contributed by atoms with E-state index in [0.29, 0.717) is 24.5 Å². The average molecular weight is 378 g/mol. The summed E-state index contributed by atoms with van der Waals surface area (Å²) in [4.78, 5) is 38.5. The summed E-state index contributed by atoms with van der Waals surface area (Å²) in [6.07, 6.45) is 1.47. The molecule has 3 amide bonds. The molecule has 0 aliphatic carbocycles. The van der Waals surface area contributed by atoms with Gasteiger partial charge in [0.25, 0.3) is 0 Å². The number of amides is 3. The third-order valence-corrected chi connectivity index (χ3v) is 4.05. The number of hydrogen-bond acceptors (Lipinski definition) is 6. The lowest BCUT2D eigenvalue weighted by molar-refractivity contribution is -0.139. The molecule has 0 spiro atoms. The zero-order valence-corrected chi connectivity index (χ0v) is 15.8. The summed E-state index contributed by atoms with van der Waals surface area (Å²) >= 11 is 0. The maximum absolute atomic E-state index is 12.6. The van der Waals surface area contributed by atoms with Gasteiger partial charge in [-0.05, 0) is 32.5 Å². The number of hydrogen-bond donors (Lipinski definition) is 3. The molecule has 1 aromatic rings. The minimum absolute atomic E-state index is 0.125. The summed E-state index contributed by atoms with van der Waals surface area (Å²) in [5, 5.41) is 8.11. The van der Waals surface area contributed by atoms with Crippen LogP contribution >= 0.6 is 0 Å². The van der Waals surface area contributed by atoms with E-state index in [-0.39, 0.29) is 31.2 Å². The first kappa shape index (κ1) is 20.5. The van der Waals surface area contributed by atoms with Gasteiger partial charge in [0.2, 0.25) is 5.91 Å².